The molecule has 0 nitrogen and oxygen atoms in total. The van der Waals surface area contributed by atoms with Gasteiger partial charge < -0.3 is 0 Å². The summed E-state index contributed by atoms with van der Waals surface area (Å²) < 4.78 is 6.22. The molecule has 0 aromatic rings. The van der Waals surface area contributed by atoms with Crippen molar-refractivity contribution in [1.29, 1.82) is 0 Å². The Morgan fingerprint density at radius 2 is 1.33 bits per heavy atom. The van der Waals surface area contributed by atoms with Gasteiger partial charge in [-0.2, -0.15) is 0 Å². The van der Waals surface area contributed by atoms with Gasteiger partial charge in [0, 0.05) is 0 Å². The summed E-state index contributed by atoms with van der Waals surface area (Å²) in [7, 11) is 0. The van der Waals surface area contributed by atoms with E-state index in [0.717, 1.165) is 0 Å². The molecule has 0 saturated carbocycles. The summed E-state index contributed by atoms with van der Waals surface area (Å²) in [5, 5.41) is 0. The second-order valence-electron chi connectivity index (χ2n) is 5.59. The van der Waals surface area contributed by atoms with Crippen molar-refractivity contribution in [2.45, 2.75) is 79.5 Å². The van der Waals surface area contributed by atoms with Crippen LogP contribution in [0, 0.1) is 12.3 Å². The van der Waals surface area contributed by atoms with E-state index in [0.29, 0.717) is 0 Å². The number of unbranched alkanes of at least 4 members (excludes halogenated alkanes) is 3. The monoisotopic (exact) mass is 356 g/mol. The molecule has 0 amide bonds. The average molecular weight is 355 g/mol. The van der Waals surface area contributed by atoms with E-state index in [9.17, 15) is 0 Å². The molecule has 0 rings (SSSR count). The van der Waals surface area contributed by atoms with Crippen molar-refractivity contribution < 1.29 is 0 Å². The third kappa shape index (κ3) is 6.32. The summed E-state index contributed by atoms with van der Waals surface area (Å²) in [5.74, 6) is 2.79. The Kier molecular flexibility index (Phi) is 11.0. The van der Waals surface area contributed by atoms with Crippen LogP contribution >= 0.6 is 0 Å². The number of rotatable bonds is 10. The summed E-state index contributed by atoms with van der Waals surface area (Å²) in [4.78, 5) is 0. The SMILES string of the molecule is C#C/C=[C](/C)[Sn]([CH2]CCC)([CH2]CCC)[CH2]CCC. The molecule has 0 aliphatic carbocycles. The van der Waals surface area contributed by atoms with Crippen molar-refractivity contribution in [2.24, 2.45) is 0 Å². The van der Waals surface area contributed by atoms with Crippen LogP contribution in [0.3, 0.4) is 0 Å². The summed E-state index contributed by atoms with van der Waals surface area (Å²) in [6.45, 7) is 9.29. The van der Waals surface area contributed by atoms with Crippen LogP contribution in [0.25, 0.3) is 0 Å². The van der Waals surface area contributed by atoms with Gasteiger partial charge >= 0.3 is 120 Å². The summed E-state index contributed by atoms with van der Waals surface area (Å²) in [5.41, 5.74) is 0. The predicted molar refractivity (Wildman–Crippen MR) is 87.5 cm³/mol. The number of terminal acetylenes is 1. The van der Waals surface area contributed by atoms with Crippen LogP contribution in [0.5, 0.6) is 0 Å². The topological polar surface area (TPSA) is 0 Å². The van der Waals surface area contributed by atoms with E-state index in [4.69, 9.17) is 6.42 Å². The van der Waals surface area contributed by atoms with E-state index in [1.807, 2.05) is 0 Å². The van der Waals surface area contributed by atoms with Gasteiger partial charge in [0.1, 0.15) is 0 Å². The first kappa shape index (κ1) is 18.1. The first-order valence-corrected chi connectivity index (χ1v) is 15.3. The molecule has 0 fully saturated rings. The average Bonchev–Trinajstić information content (AvgIpc) is 2.38. The molecule has 18 heavy (non-hydrogen) atoms. The van der Waals surface area contributed by atoms with Crippen LogP contribution in [0.4, 0.5) is 0 Å². The molecule has 1 heteroatoms. The molecule has 0 radical (unpaired) electrons. The van der Waals surface area contributed by atoms with E-state index in [1.165, 1.54) is 51.8 Å². The van der Waals surface area contributed by atoms with Gasteiger partial charge in [-0.15, -0.1) is 0 Å². The Hall–Kier alpha value is 0.0987. The van der Waals surface area contributed by atoms with Gasteiger partial charge in [-0.1, -0.05) is 0 Å². The molecule has 0 heterocycles. The molecule has 0 aliphatic rings. The fourth-order valence-electron chi connectivity index (χ4n) is 2.79. The van der Waals surface area contributed by atoms with E-state index < -0.39 is 18.4 Å². The fraction of sp³-hybridized carbons (Fsp3) is 0.765. The maximum atomic E-state index is 5.52. The quantitative estimate of drug-likeness (QED) is 0.335. The molecular formula is C17H32Sn. The maximum absolute atomic E-state index is 5.52. The third-order valence-electron chi connectivity index (χ3n) is 4.16. The normalized spacial score (nSPS) is 12.5. The standard InChI is InChI=1S/C5H5.3C4H9.Sn/c1-3-5-4-2;3*1-3-4-2;/h1,5H,2H3;3*1,3-4H2,2H3;. The fourth-order valence-corrected chi connectivity index (χ4v) is 18.2. The molecule has 0 aromatic carbocycles. The van der Waals surface area contributed by atoms with E-state index in [2.05, 4.69) is 39.7 Å². The van der Waals surface area contributed by atoms with E-state index >= 15 is 0 Å². The zero-order valence-corrected chi connectivity index (χ0v) is 15.9. The molecule has 104 valence electrons. The molecule has 0 unspecified atom stereocenters. The van der Waals surface area contributed by atoms with Gasteiger partial charge in [0.25, 0.3) is 0 Å². The van der Waals surface area contributed by atoms with Gasteiger partial charge in [-0.25, -0.2) is 0 Å². The van der Waals surface area contributed by atoms with Gasteiger partial charge in [0.05, 0.1) is 0 Å². The third-order valence-corrected chi connectivity index (χ3v) is 20.6. The minimum atomic E-state index is -2.11. The zero-order chi connectivity index (χ0) is 13.9. The number of allylic oxidation sites excluding steroid dienone is 2. The van der Waals surface area contributed by atoms with Crippen LogP contribution in [0.1, 0.15) is 66.2 Å². The number of hydrogen-bond donors (Lipinski definition) is 0. The Balaban J connectivity index is 4.97. The Morgan fingerprint density at radius 3 is 1.61 bits per heavy atom. The van der Waals surface area contributed by atoms with Crippen molar-refractivity contribution in [1.82, 2.24) is 0 Å². The Morgan fingerprint density at radius 1 is 0.944 bits per heavy atom. The molecular weight excluding hydrogens is 323 g/mol. The van der Waals surface area contributed by atoms with Gasteiger partial charge in [0.15, 0.2) is 0 Å². The molecule has 0 bridgehead atoms. The Labute approximate surface area is 120 Å². The molecule has 0 spiro atoms. The molecule has 0 aromatic heterocycles. The minimum absolute atomic E-state index is 1.33. The summed E-state index contributed by atoms with van der Waals surface area (Å²) >= 11 is -2.11. The molecule has 0 atom stereocenters. The second-order valence-corrected chi connectivity index (χ2v) is 19.4. The summed E-state index contributed by atoms with van der Waals surface area (Å²) in [6.07, 6.45) is 15.9. The first-order chi connectivity index (χ1) is 8.66. The predicted octanol–water partition coefficient (Wildman–Crippen LogP) is 5.95. The molecule has 0 saturated heterocycles. The van der Waals surface area contributed by atoms with Gasteiger partial charge in [0.2, 0.25) is 0 Å². The van der Waals surface area contributed by atoms with Gasteiger partial charge in [-0.3, -0.25) is 0 Å². The van der Waals surface area contributed by atoms with Crippen LogP contribution in [-0.2, 0) is 0 Å². The number of hydrogen-bond acceptors (Lipinski definition) is 0. The van der Waals surface area contributed by atoms with E-state index in [-0.39, 0.29) is 0 Å². The van der Waals surface area contributed by atoms with Crippen molar-refractivity contribution in [3.63, 3.8) is 0 Å². The van der Waals surface area contributed by atoms with Crippen LogP contribution in [0.2, 0.25) is 13.3 Å². The van der Waals surface area contributed by atoms with Crippen LogP contribution < -0.4 is 0 Å². The van der Waals surface area contributed by atoms with Crippen molar-refractivity contribution >= 4 is 18.4 Å². The zero-order valence-electron chi connectivity index (χ0n) is 13.0. The second kappa shape index (κ2) is 11.0. The van der Waals surface area contributed by atoms with Gasteiger partial charge in [-0.05, 0) is 0 Å². The van der Waals surface area contributed by atoms with Crippen molar-refractivity contribution in [2.75, 3.05) is 0 Å². The first-order valence-electron chi connectivity index (χ1n) is 7.80. The van der Waals surface area contributed by atoms with E-state index in [1.54, 1.807) is 3.59 Å². The van der Waals surface area contributed by atoms with Crippen molar-refractivity contribution in [3.8, 4) is 12.3 Å². The molecule has 0 aliphatic heterocycles. The van der Waals surface area contributed by atoms with Crippen LogP contribution in [0.15, 0.2) is 9.67 Å². The van der Waals surface area contributed by atoms with Crippen LogP contribution in [-0.4, -0.2) is 18.4 Å². The Bertz CT molecular complexity index is 248. The molecule has 0 N–H and O–H groups in total. The summed E-state index contributed by atoms with van der Waals surface area (Å²) in [6, 6.07) is 0. The van der Waals surface area contributed by atoms with Crippen molar-refractivity contribution in [3.05, 3.63) is 9.67 Å².